The Morgan fingerprint density at radius 2 is 1.95 bits per heavy atom. The lowest BCUT2D eigenvalue weighted by atomic mass is 10.1. The van der Waals surface area contributed by atoms with Crippen LogP contribution in [0, 0.1) is 0 Å². The molecule has 4 rings (SSSR count). The third kappa shape index (κ3) is 1.91. The van der Waals surface area contributed by atoms with E-state index in [4.69, 9.17) is 5.73 Å². The van der Waals surface area contributed by atoms with Gasteiger partial charge in [-0.2, -0.15) is 10.1 Å². The maximum Gasteiger partial charge on any atom is 0.222 e. The normalized spacial score (nSPS) is 11.0. The van der Waals surface area contributed by atoms with Crippen LogP contribution in [-0.4, -0.2) is 29.7 Å². The van der Waals surface area contributed by atoms with Crippen LogP contribution < -0.4 is 5.73 Å². The zero-order chi connectivity index (χ0) is 14.2. The molecule has 0 bridgehead atoms. The number of benzene rings is 1. The Labute approximate surface area is 119 Å². The first kappa shape index (κ1) is 11.6. The zero-order valence-corrected chi connectivity index (χ0v) is 10.9. The number of nitrogens with zero attached hydrogens (tertiary/aromatic N) is 5. The van der Waals surface area contributed by atoms with Crippen LogP contribution in [0.4, 0.5) is 5.95 Å². The van der Waals surface area contributed by atoms with Crippen molar-refractivity contribution in [2.24, 2.45) is 0 Å². The fraction of sp³-hybridized carbons (Fsp3) is 0. The number of nitrogens with two attached hydrogens (primary N) is 1. The molecule has 102 valence electrons. The Morgan fingerprint density at radius 1 is 1.10 bits per heavy atom. The molecule has 0 aliphatic rings. The van der Waals surface area contributed by atoms with E-state index in [-0.39, 0.29) is 5.95 Å². The topological polar surface area (TPSA) is 98.3 Å². The van der Waals surface area contributed by atoms with Crippen LogP contribution in [0.25, 0.3) is 28.1 Å². The number of rotatable bonds is 2. The van der Waals surface area contributed by atoms with E-state index in [0.717, 1.165) is 22.5 Å². The molecule has 0 spiro atoms. The molecule has 7 nitrogen and oxygen atoms in total. The second-order valence-corrected chi connectivity index (χ2v) is 4.53. The number of hydrogen-bond donors (Lipinski definition) is 2. The van der Waals surface area contributed by atoms with Gasteiger partial charge in [0.05, 0.1) is 12.0 Å². The molecule has 0 atom stereocenters. The van der Waals surface area contributed by atoms with Crippen LogP contribution in [0.1, 0.15) is 0 Å². The molecule has 21 heavy (non-hydrogen) atoms. The van der Waals surface area contributed by atoms with Gasteiger partial charge in [-0.1, -0.05) is 12.1 Å². The molecular formula is C14H11N7. The number of H-pyrrole nitrogens is 1. The molecule has 0 unspecified atom stereocenters. The Balaban J connectivity index is 1.84. The smallest absolute Gasteiger partial charge is 0.222 e. The summed E-state index contributed by atoms with van der Waals surface area (Å²) in [6.45, 7) is 0. The van der Waals surface area contributed by atoms with Crippen LogP contribution in [0.2, 0.25) is 0 Å². The average molecular weight is 277 g/mol. The van der Waals surface area contributed by atoms with Crippen molar-refractivity contribution in [3.05, 3.63) is 49.1 Å². The number of nitrogen functional groups attached to an aromatic ring is 1. The minimum atomic E-state index is 0.209. The van der Waals surface area contributed by atoms with E-state index in [1.807, 2.05) is 36.5 Å². The molecule has 3 aromatic heterocycles. The molecule has 4 aromatic rings. The molecule has 3 N–H and O–H groups in total. The molecule has 0 amide bonds. The first-order valence-electron chi connectivity index (χ1n) is 6.38. The van der Waals surface area contributed by atoms with Crippen molar-refractivity contribution in [1.82, 2.24) is 29.7 Å². The van der Waals surface area contributed by atoms with Crippen LogP contribution in [-0.2, 0) is 0 Å². The third-order valence-corrected chi connectivity index (χ3v) is 3.21. The molecule has 0 saturated carbocycles. The molecule has 0 saturated heterocycles. The molecule has 1 aromatic carbocycles. The summed E-state index contributed by atoms with van der Waals surface area (Å²) in [5.41, 5.74) is 9.73. The highest BCUT2D eigenvalue weighted by molar-refractivity contribution is 5.87. The van der Waals surface area contributed by atoms with Gasteiger partial charge in [-0.05, 0) is 18.2 Å². The molecular weight excluding hydrogens is 266 g/mol. The van der Waals surface area contributed by atoms with Gasteiger partial charge in [0, 0.05) is 18.0 Å². The summed E-state index contributed by atoms with van der Waals surface area (Å²) in [4.78, 5) is 15.6. The van der Waals surface area contributed by atoms with Gasteiger partial charge in [0.25, 0.3) is 0 Å². The Kier molecular flexibility index (Phi) is 2.43. The summed E-state index contributed by atoms with van der Waals surface area (Å²) in [6, 6.07) is 9.77. The second kappa shape index (κ2) is 4.41. The van der Waals surface area contributed by atoms with E-state index in [0.29, 0.717) is 5.65 Å². The minimum absolute atomic E-state index is 0.209. The molecule has 0 aliphatic carbocycles. The highest BCUT2D eigenvalue weighted by Gasteiger charge is 2.10. The van der Waals surface area contributed by atoms with Gasteiger partial charge >= 0.3 is 0 Å². The van der Waals surface area contributed by atoms with E-state index < -0.39 is 0 Å². The summed E-state index contributed by atoms with van der Waals surface area (Å²) in [5.74, 6) is 0.209. The van der Waals surface area contributed by atoms with Crippen molar-refractivity contribution in [3.8, 4) is 16.9 Å². The van der Waals surface area contributed by atoms with Crippen LogP contribution in [0.5, 0.6) is 0 Å². The Hall–Kier alpha value is -3.22. The number of anilines is 1. The van der Waals surface area contributed by atoms with E-state index in [2.05, 4.69) is 25.0 Å². The maximum absolute atomic E-state index is 5.74. The molecule has 0 radical (unpaired) electrons. The number of hydrogen-bond acceptors (Lipinski definition) is 5. The summed E-state index contributed by atoms with van der Waals surface area (Å²) in [5, 5.41) is 4.20. The molecule has 3 heterocycles. The van der Waals surface area contributed by atoms with Gasteiger partial charge in [-0.15, -0.1) is 0 Å². The van der Waals surface area contributed by atoms with E-state index >= 15 is 0 Å². The van der Waals surface area contributed by atoms with E-state index in [9.17, 15) is 0 Å². The maximum atomic E-state index is 5.74. The number of fused-ring (bicyclic) bond motifs is 1. The van der Waals surface area contributed by atoms with Crippen LogP contribution >= 0.6 is 0 Å². The van der Waals surface area contributed by atoms with Crippen molar-refractivity contribution < 1.29 is 0 Å². The van der Waals surface area contributed by atoms with Crippen molar-refractivity contribution in [2.75, 3.05) is 5.73 Å². The fourth-order valence-corrected chi connectivity index (χ4v) is 2.25. The predicted molar refractivity (Wildman–Crippen MR) is 78.7 cm³/mol. The summed E-state index contributed by atoms with van der Waals surface area (Å²) in [7, 11) is 0. The summed E-state index contributed by atoms with van der Waals surface area (Å²) >= 11 is 0. The van der Waals surface area contributed by atoms with Gasteiger partial charge in [-0.25, -0.2) is 14.6 Å². The first-order valence-corrected chi connectivity index (χ1v) is 6.38. The van der Waals surface area contributed by atoms with Crippen molar-refractivity contribution in [3.63, 3.8) is 0 Å². The second-order valence-electron chi connectivity index (χ2n) is 4.53. The highest BCUT2D eigenvalue weighted by atomic mass is 15.3. The summed E-state index contributed by atoms with van der Waals surface area (Å²) in [6.07, 6.45) is 5.22. The van der Waals surface area contributed by atoms with Gasteiger partial charge in [-0.3, -0.25) is 0 Å². The number of aromatic amines is 1. The van der Waals surface area contributed by atoms with Gasteiger partial charge in [0.15, 0.2) is 5.65 Å². The first-order chi connectivity index (χ1) is 10.3. The average Bonchev–Trinajstić information content (AvgIpc) is 3.17. The van der Waals surface area contributed by atoms with E-state index in [1.165, 1.54) is 0 Å². The van der Waals surface area contributed by atoms with Crippen LogP contribution in [0.3, 0.4) is 0 Å². The van der Waals surface area contributed by atoms with Crippen molar-refractivity contribution >= 4 is 17.1 Å². The predicted octanol–water partition coefficient (Wildman–Crippen LogP) is 1.79. The standard InChI is InChI=1S/C14H11N7/c15-14-19-11(12-13(20-14)17-8-16-12)9-2-4-10(5-3-9)21-7-1-6-18-21/h1-8H,(H3,15,16,17,19,20). The highest BCUT2D eigenvalue weighted by Crippen LogP contribution is 2.25. The quantitative estimate of drug-likeness (QED) is 0.582. The minimum Gasteiger partial charge on any atom is -0.368 e. The van der Waals surface area contributed by atoms with Crippen molar-refractivity contribution in [2.45, 2.75) is 0 Å². The SMILES string of the molecule is Nc1nc(-c2ccc(-n3cccn3)cc2)c2[nH]cnc2n1. The monoisotopic (exact) mass is 277 g/mol. The Morgan fingerprint density at radius 3 is 2.71 bits per heavy atom. The molecule has 7 heteroatoms. The van der Waals surface area contributed by atoms with Gasteiger partial charge in [0.1, 0.15) is 11.2 Å². The largest absolute Gasteiger partial charge is 0.368 e. The number of nitrogens with one attached hydrogen (secondary N) is 1. The van der Waals surface area contributed by atoms with Gasteiger partial charge < -0.3 is 10.7 Å². The fourth-order valence-electron chi connectivity index (χ4n) is 2.25. The lowest BCUT2D eigenvalue weighted by Crippen LogP contribution is -1.98. The lowest BCUT2D eigenvalue weighted by molar-refractivity contribution is 0.881. The Bertz CT molecular complexity index is 891. The van der Waals surface area contributed by atoms with Gasteiger partial charge in [0.2, 0.25) is 5.95 Å². The molecule has 0 aliphatic heterocycles. The van der Waals surface area contributed by atoms with E-state index in [1.54, 1.807) is 17.2 Å². The third-order valence-electron chi connectivity index (χ3n) is 3.21. The lowest BCUT2D eigenvalue weighted by Gasteiger charge is -2.05. The zero-order valence-electron chi connectivity index (χ0n) is 10.9. The van der Waals surface area contributed by atoms with Crippen LogP contribution in [0.15, 0.2) is 49.1 Å². The summed E-state index contributed by atoms with van der Waals surface area (Å²) < 4.78 is 1.80. The van der Waals surface area contributed by atoms with Crippen molar-refractivity contribution in [1.29, 1.82) is 0 Å². The number of imidazole rings is 1. The molecule has 0 fully saturated rings. The number of aromatic nitrogens is 6.